The lowest BCUT2D eigenvalue weighted by Crippen LogP contribution is -2.42. The Morgan fingerprint density at radius 3 is 2.62 bits per heavy atom. The van der Waals surface area contributed by atoms with Gasteiger partial charge in [-0.1, -0.05) is 30.3 Å². The van der Waals surface area contributed by atoms with Crippen LogP contribution in [0.25, 0.3) is 0 Å². The highest BCUT2D eigenvalue weighted by Gasteiger charge is 2.45. The second kappa shape index (κ2) is 6.42. The molecule has 2 rings (SSSR count). The summed E-state index contributed by atoms with van der Waals surface area (Å²) in [6.45, 7) is 0.663. The van der Waals surface area contributed by atoms with Gasteiger partial charge in [-0.15, -0.1) is 0 Å². The van der Waals surface area contributed by atoms with Crippen molar-refractivity contribution >= 4 is 16.3 Å². The van der Waals surface area contributed by atoms with Crippen molar-refractivity contribution in [1.82, 2.24) is 8.61 Å². The maximum absolute atomic E-state index is 12.0. The minimum atomic E-state index is -3.81. The van der Waals surface area contributed by atoms with E-state index in [1.807, 2.05) is 30.3 Å². The van der Waals surface area contributed by atoms with Crippen LogP contribution in [0.3, 0.4) is 0 Å². The third kappa shape index (κ3) is 3.34. The standard InChI is InChI=1S/C13H18N2O5S/c1-14-8-12(15(13(16)19-2)21(14,17)18)10-20-9-11-6-4-3-5-7-11/h3-7,12H,8-10H2,1-2H3/t12-/m0/s1. The third-order valence-electron chi connectivity index (χ3n) is 3.22. The van der Waals surface area contributed by atoms with E-state index in [2.05, 4.69) is 4.74 Å². The van der Waals surface area contributed by atoms with E-state index in [1.165, 1.54) is 7.05 Å². The van der Waals surface area contributed by atoms with E-state index >= 15 is 0 Å². The highest BCUT2D eigenvalue weighted by molar-refractivity contribution is 7.87. The molecule has 8 heteroatoms. The van der Waals surface area contributed by atoms with Gasteiger partial charge < -0.3 is 9.47 Å². The number of benzene rings is 1. The van der Waals surface area contributed by atoms with Crippen LogP contribution in [0.5, 0.6) is 0 Å². The Hall–Kier alpha value is -1.64. The molecular weight excluding hydrogens is 296 g/mol. The molecule has 1 aromatic rings. The van der Waals surface area contributed by atoms with Gasteiger partial charge in [-0.25, -0.2) is 4.79 Å². The average molecular weight is 314 g/mol. The molecule has 116 valence electrons. The number of nitrogens with zero attached hydrogens (tertiary/aromatic N) is 2. The molecule has 0 bridgehead atoms. The summed E-state index contributed by atoms with van der Waals surface area (Å²) >= 11 is 0. The molecule has 0 N–H and O–H groups in total. The number of hydrogen-bond acceptors (Lipinski definition) is 5. The maximum Gasteiger partial charge on any atom is 0.424 e. The number of hydrogen-bond donors (Lipinski definition) is 0. The predicted molar refractivity (Wildman–Crippen MR) is 75.7 cm³/mol. The van der Waals surface area contributed by atoms with E-state index in [-0.39, 0.29) is 13.2 Å². The molecule has 1 aliphatic heterocycles. The van der Waals surface area contributed by atoms with Gasteiger partial charge in [0.1, 0.15) is 0 Å². The zero-order chi connectivity index (χ0) is 15.5. The number of likely N-dealkylation sites (N-methyl/N-ethyl adjacent to an activating group) is 1. The van der Waals surface area contributed by atoms with Crippen molar-refractivity contribution in [2.75, 3.05) is 27.3 Å². The Labute approximate surface area is 124 Å². The van der Waals surface area contributed by atoms with Crippen LogP contribution in [0.15, 0.2) is 30.3 Å². The first-order chi connectivity index (χ1) is 9.96. The SMILES string of the molecule is COC(=O)N1[C@H](COCc2ccccc2)CN(C)S1(=O)=O. The van der Waals surface area contributed by atoms with Gasteiger partial charge in [0, 0.05) is 13.6 Å². The topological polar surface area (TPSA) is 76.2 Å². The molecular formula is C13H18N2O5S. The summed E-state index contributed by atoms with van der Waals surface area (Å²) in [7, 11) is -1.24. The van der Waals surface area contributed by atoms with Gasteiger partial charge in [0.05, 0.1) is 26.4 Å². The Bertz CT molecular complexity index is 590. The Balaban J connectivity index is 2.00. The van der Waals surface area contributed by atoms with E-state index in [4.69, 9.17) is 4.74 Å². The first-order valence-electron chi connectivity index (χ1n) is 6.42. The molecule has 1 atom stereocenters. The number of methoxy groups -OCH3 is 1. The first-order valence-corrected chi connectivity index (χ1v) is 7.82. The minimum absolute atomic E-state index is 0.119. The number of amides is 1. The molecule has 21 heavy (non-hydrogen) atoms. The van der Waals surface area contributed by atoms with Crippen LogP contribution in [0, 0.1) is 0 Å². The lowest BCUT2D eigenvalue weighted by molar-refractivity contribution is 0.0749. The summed E-state index contributed by atoms with van der Waals surface area (Å²) in [5, 5.41) is 0. The summed E-state index contributed by atoms with van der Waals surface area (Å²) in [5.41, 5.74) is 0.983. The Morgan fingerprint density at radius 2 is 2.00 bits per heavy atom. The molecule has 0 unspecified atom stereocenters. The van der Waals surface area contributed by atoms with E-state index in [1.54, 1.807) is 0 Å². The van der Waals surface area contributed by atoms with Crippen molar-refractivity contribution < 1.29 is 22.7 Å². The van der Waals surface area contributed by atoms with E-state index in [9.17, 15) is 13.2 Å². The molecule has 1 saturated heterocycles. The molecule has 0 spiro atoms. The molecule has 0 aromatic heterocycles. The average Bonchev–Trinajstić information content (AvgIpc) is 2.69. The monoisotopic (exact) mass is 314 g/mol. The van der Waals surface area contributed by atoms with E-state index in [0.717, 1.165) is 21.3 Å². The van der Waals surface area contributed by atoms with Gasteiger partial charge >= 0.3 is 16.3 Å². The maximum atomic E-state index is 12.0. The van der Waals surface area contributed by atoms with Gasteiger partial charge in [0.15, 0.2) is 0 Å². The zero-order valence-electron chi connectivity index (χ0n) is 11.9. The highest BCUT2D eigenvalue weighted by atomic mass is 32.2. The first kappa shape index (κ1) is 15.7. The van der Waals surface area contributed by atoms with Crippen LogP contribution in [-0.2, 0) is 26.3 Å². The molecule has 1 heterocycles. The largest absolute Gasteiger partial charge is 0.452 e. The van der Waals surface area contributed by atoms with Crippen molar-refractivity contribution in [1.29, 1.82) is 0 Å². The Morgan fingerprint density at radius 1 is 1.33 bits per heavy atom. The molecule has 1 fully saturated rings. The quantitative estimate of drug-likeness (QED) is 0.823. The third-order valence-corrected chi connectivity index (χ3v) is 5.10. The normalized spacial score (nSPS) is 21.4. The van der Waals surface area contributed by atoms with Gasteiger partial charge in [0.2, 0.25) is 0 Å². The van der Waals surface area contributed by atoms with Crippen LogP contribution in [-0.4, -0.2) is 56.5 Å². The number of ether oxygens (including phenoxy) is 2. The summed E-state index contributed by atoms with van der Waals surface area (Å²) in [5.74, 6) is 0. The molecule has 0 radical (unpaired) electrons. The summed E-state index contributed by atoms with van der Waals surface area (Å²) < 4.78 is 36.0. The number of rotatable bonds is 4. The molecule has 0 aliphatic carbocycles. The molecule has 7 nitrogen and oxygen atoms in total. The molecule has 0 saturated carbocycles. The fourth-order valence-electron chi connectivity index (χ4n) is 2.14. The predicted octanol–water partition coefficient (Wildman–Crippen LogP) is 0.830. The van der Waals surface area contributed by atoms with Gasteiger partial charge in [-0.2, -0.15) is 17.0 Å². The molecule has 1 amide bonds. The van der Waals surface area contributed by atoms with Crippen molar-refractivity contribution in [2.45, 2.75) is 12.6 Å². The molecule has 1 aliphatic rings. The number of carbonyl (C=O) groups is 1. The fraction of sp³-hybridized carbons (Fsp3) is 0.462. The summed E-state index contributed by atoms with van der Waals surface area (Å²) in [6, 6.07) is 8.93. The van der Waals surface area contributed by atoms with Crippen LogP contribution < -0.4 is 0 Å². The highest BCUT2D eigenvalue weighted by Crippen LogP contribution is 2.22. The summed E-state index contributed by atoms with van der Waals surface area (Å²) in [6.07, 6.45) is -0.896. The lowest BCUT2D eigenvalue weighted by Gasteiger charge is -2.20. The van der Waals surface area contributed by atoms with Gasteiger partial charge in [-0.05, 0) is 5.56 Å². The smallest absolute Gasteiger partial charge is 0.424 e. The Kier molecular flexibility index (Phi) is 4.81. The van der Waals surface area contributed by atoms with Crippen molar-refractivity contribution in [3.8, 4) is 0 Å². The van der Waals surface area contributed by atoms with Crippen LogP contribution >= 0.6 is 0 Å². The van der Waals surface area contributed by atoms with Gasteiger partial charge in [0.25, 0.3) is 0 Å². The van der Waals surface area contributed by atoms with E-state index < -0.39 is 22.3 Å². The zero-order valence-corrected chi connectivity index (χ0v) is 12.7. The van der Waals surface area contributed by atoms with Crippen molar-refractivity contribution in [3.05, 3.63) is 35.9 Å². The second-order valence-corrected chi connectivity index (χ2v) is 6.62. The van der Waals surface area contributed by atoms with E-state index in [0.29, 0.717) is 6.61 Å². The summed E-state index contributed by atoms with van der Waals surface area (Å²) in [4.78, 5) is 11.7. The minimum Gasteiger partial charge on any atom is -0.452 e. The molecule has 1 aromatic carbocycles. The second-order valence-electron chi connectivity index (χ2n) is 4.71. The van der Waals surface area contributed by atoms with Crippen LogP contribution in [0.1, 0.15) is 5.56 Å². The van der Waals surface area contributed by atoms with Crippen molar-refractivity contribution in [3.63, 3.8) is 0 Å². The number of carbonyl (C=O) groups excluding carboxylic acids is 1. The van der Waals surface area contributed by atoms with Gasteiger partial charge in [-0.3, -0.25) is 0 Å². The fourth-order valence-corrected chi connectivity index (χ4v) is 3.57. The van der Waals surface area contributed by atoms with Crippen LogP contribution in [0.4, 0.5) is 4.79 Å². The van der Waals surface area contributed by atoms with Crippen LogP contribution in [0.2, 0.25) is 0 Å². The lowest BCUT2D eigenvalue weighted by atomic mass is 10.2. The van der Waals surface area contributed by atoms with Crippen molar-refractivity contribution in [2.24, 2.45) is 0 Å².